The Hall–Kier alpha value is -0.340. The Kier molecular flexibility index (Phi) is 6.31. The second-order valence-corrected chi connectivity index (χ2v) is 8.28. The van der Waals surface area contributed by atoms with Gasteiger partial charge in [-0.1, -0.05) is 32.4 Å². The van der Waals surface area contributed by atoms with Crippen LogP contribution in [0.5, 0.6) is 0 Å². The first kappa shape index (κ1) is 17.0. The SMILES string of the molecule is CC(C)(C)C1CCC(C(CN)NCCC2=CCCC2)CC1. The molecule has 0 radical (unpaired) electrons. The highest BCUT2D eigenvalue weighted by Gasteiger charge is 2.32. The topological polar surface area (TPSA) is 38.0 Å². The summed E-state index contributed by atoms with van der Waals surface area (Å²) in [6.07, 6.45) is 13.2. The molecule has 2 aliphatic rings. The van der Waals surface area contributed by atoms with Gasteiger partial charge in [-0.2, -0.15) is 0 Å². The van der Waals surface area contributed by atoms with E-state index in [1.54, 1.807) is 5.57 Å². The van der Waals surface area contributed by atoms with Gasteiger partial charge in [-0.05, 0) is 75.2 Å². The van der Waals surface area contributed by atoms with Crippen molar-refractivity contribution in [3.05, 3.63) is 11.6 Å². The van der Waals surface area contributed by atoms with Crippen LogP contribution in [0.3, 0.4) is 0 Å². The molecule has 2 aliphatic carbocycles. The lowest BCUT2D eigenvalue weighted by atomic mass is 9.68. The molecular formula is C19H36N2. The number of nitrogens with one attached hydrogen (secondary N) is 1. The summed E-state index contributed by atoms with van der Waals surface area (Å²) in [5, 5.41) is 3.75. The fourth-order valence-electron chi connectivity index (χ4n) is 4.21. The molecule has 0 aromatic rings. The summed E-state index contributed by atoms with van der Waals surface area (Å²) < 4.78 is 0. The molecule has 122 valence electrons. The van der Waals surface area contributed by atoms with Gasteiger partial charge in [0.25, 0.3) is 0 Å². The summed E-state index contributed by atoms with van der Waals surface area (Å²) in [4.78, 5) is 0. The summed E-state index contributed by atoms with van der Waals surface area (Å²) in [5.41, 5.74) is 8.18. The van der Waals surface area contributed by atoms with Gasteiger partial charge in [0.05, 0.1) is 0 Å². The van der Waals surface area contributed by atoms with Crippen molar-refractivity contribution in [2.45, 2.75) is 78.2 Å². The molecule has 0 bridgehead atoms. The lowest BCUT2D eigenvalue weighted by Gasteiger charge is -2.39. The van der Waals surface area contributed by atoms with E-state index >= 15 is 0 Å². The van der Waals surface area contributed by atoms with Crippen LogP contribution in [-0.2, 0) is 0 Å². The Bertz CT molecular complexity index is 332. The van der Waals surface area contributed by atoms with E-state index < -0.39 is 0 Å². The molecule has 0 heterocycles. The monoisotopic (exact) mass is 292 g/mol. The van der Waals surface area contributed by atoms with Crippen molar-refractivity contribution in [1.82, 2.24) is 5.32 Å². The van der Waals surface area contributed by atoms with Gasteiger partial charge >= 0.3 is 0 Å². The minimum atomic E-state index is 0.478. The minimum absolute atomic E-state index is 0.478. The van der Waals surface area contributed by atoms with E-state index in [1.807, 2.05) is 0 Å². The van der Waals surface area contributed by atoms with E-state index in [4.69, 9.17) is 5.73 Å². The molecule has 0 aromatic carbocycles. The maximum absolute atomic E-state index is 6.04. The van der Waals surface area contributed by atoms with Crippen molar-refractivity contribution in [3.63, 3.8) is 0 Å². The highest BCUT2D eigenvalue weighted by atomic mass is 14.9. The van der Waals surface area contributed by atoms with Crippen molar-refractivity contribution >= 4 is 0 Å². The summed E-state index contributed by atoms with van der Waals surface area (Å²) in [6.45, 7) is 9.10. The molecule has 1 atom stereocenters. The van der Waals surface area contributed by atoms with Crippen molar-refractivity contribution < 1.29 is 0 Å². The summed E-state index contributed by atoms with van der Waals surface area (Å²) in [7, 11) is 0. The molecule has 2 rings (SSSR count). The van der Waals surface area contributed by atoms with Crippen LogP contribution in [-0.4, -0.2) is 19.1 Å². The molecule has 2 nitrogen and oxygen atoms in total. The van der Waals surface area contributed by atoms with Gasteiger partial charge in [0, 0.05) is 12.6 Å². The zero-order valence-electron chi connectivity index (χ0n) is 14.5. The van der Waals surface area contributed by atoms with E-state index in [9.17, 15) is 0 Å². The molecule has 2 heteroatoms. The third kappa shape index (κ3) is 5.10. The van der Waals surface area contributed by atoms with Gasteiger partial charge in [0.2, 0.25) is 0 Å². The third-order valence-corrected chi connectivity index (χ3v) is 5.81. The van der Waals surface area contributed by atoms with E-state index in [2.05, 4.69) is 32.2 Å². The smallest absolute Gasteiger partial charge is 0.0218 e. The van der Waals surface area contributed by atoms with Gasteiger partial charge < -0.3 is 11.1 Å². The van der Waals surface area contributed by atoms with Crippen LogP contribution in [0.25, 0.3) is 0 Å². The first-order chi connectivity index (χ1) is 10.0. The Morgan fingerprint density at radius 3 is 2.48 bits per heavy atom. The van der Waals surface area contributed by atoms with Crippen LogP contribution in [0.2, 0.25) is 0 Å². The average molecular weight is 293 g/mol. The summed E-state index contributed by atoms with van der Waals surface area (Å²) in [6, 6.07) is 0.535. The number of hydrogen-bond acceptors (Lipinski definition) is 2. The maximum Gasteiger partial charge on any atom is 0.0218 e. The van der Waals surface area contributed by atoms with Crippen molar-refractivity contribution in [2.24, 2.45) is 23.0 Å². The van der Waals surface area contributed by atoms with E-state index in [0.29, 0.717) is 11.5 Å². The van der Waals surface area contributed by atoms with Crippen molar-refractivity contribution in [3.8, 4) is 0 Å². The lowest BCUT2D eigenvalue weighted by Crippen LogP contribution is -2.44. The molecule has 0 aliphatic heterocycles. The van der Waals surface area contributed by atoms with E-state index in [-0.39, 0.29) is 0 Å². The van der Waals surface area contributed by atoms with Crippen molar-refractivity contribution in [1.29, 1.82) is 0 Å². The van der Waals surface area contributed by atoms with Gasteiger partial charge in [0.15, 0.2) is 0 Å². The zero-order chi connectivity index (χ0) is 15.3. The van der Waals surface area contributed by atoms with Crippen LogP contribution in [0, 0.1) is 17.3 Å². The first-order valence-corrected chi connectivity index (χ1v) is 9.12. The second-order valence-electron chi connectivity index (χ2n) is 8.28. The number of hydrogen-bond donors (Lipinski definition) is 2. The quantitative estimate of drug-likeness (QED) is 0.718. The Labute approximate surface area is 131 Å². The van der Waals surface area contributed by atoms with Crippen LogP contribution >= 0.6 is 0 Å². The lowest BCUT2D eigenvalue weighted by molar-refractivity contribution is 0.134. The van der Waals surface area contributed by atoms with Crippen LogP contribution < -0.4 is 11.1 Å². The normalized spacial score (nSPS) is 28.5. The maximum atomic E-state index is 6.04. The predicted octanol–water partition coefficient (Wildman–Crippen LogP) is 4.26. The van der Waals surface area contributed by atoms with Gasteiger partial charge in [-0.15, -0.1) is 0 Å². The molecule has 1 saturated carbocycles. The Morgan fingerprint density at radius 2 is 1.95 bits per heavy atom. The highest BCUT2D eigenvalue weighted by molar-refractivity contribution is 5.07. The fraction of sp³-hybridized carbons (Fsp3) is 0.895. The Morgan fingerprint density at radius 1 is 1.24 bits per heavy atom. The number of allylic oxidation sites excluding steroid dienone is 1. The molecule has 3 N–H and O–H groups in total. The van der Waals surface area contributed by atoms with Gasteiger partial charge in [0.1, 0.15) is 0 Å². The van der Waals surface area contributed by atoms with Crippen LogP contribution in [0.15, 0.2) is 11.6 Å². The molecule has 21 heavy (non-hydrogen) atoms. The fourth-order valence-corrected chi connectivity index (χ4v) is 4.21. The highest BCUT2D eigenvalue weighted by Crippen LogP contribution is 2.40. The molecule has 1 fully saturated rings. The van der Waals surface area contributed by atoms with E-state index in [0.717, 1.165) is 24.9 Å². The van der Waals surface area contributed by atoms with Gasteiger partial charge in [-0.25, -0.2) is 0 Å². The Balaban J connectivity index is 1.71. The number of nitrogens with two attached hydrogens (primary N) is 1. The molecule has 0 amide bonds. The van der Waals surface area contributed by atoms with Crippen LogP contribution in [0.4, 0.5) is 0 Å². The molecular weight excluding hydrogens is 256 g/mol. The predicted molar refractivity (Wildman–Crippen MR) is 92.3 cm³/mol. The molecule has 1 unspecified atom stereocenters. The average Bonchev–Trinajstić information content (AvgIpc) is 2.96. The second kappa shape index (κ2) is 7.78. The van der Waals surface area contributed by atoms with Crippen molar-refractivity contribution in [2.75, 3.05) is 13.1 Å². The third-order valence-electron chi connectivity index (χ3n) is 5.81. The standard InChI is InChI=1S/C19H36N2/c1-19(2,3)17-10-8-16(9-11-17)18(14-20)21-13-12-15-6-4-5-7-15/h6,16-18,21H,4-5,7-14,20H2,1-3H3. The first-order valence-electron chi connectivity index (χ1n) is 9.12. The molecule has 0 spiro atoms. The summed E-state index contributed by atoms with van der Waals surface area (Å²) >= 11 is 0. The number of rotatable bonds is 6. The van der Waals surface area contributed by atoms with Crippen LogP contribution in [0.1, 0.15) is 72.1 Å². The van der Waals surface area contributed by atoms with Gasteiger partial charge in [-0.3, -0.25) is 0 Å². The van der Waals surface area contributed by atoms with E-state index in [1.165, 1.54) is 51.4 Å². The largest absolute Gasteiger partial charge is 0.329 e. The molecule has 0 aromatic heterocycles. The molecule has 0 saturated heterocycles. The zero-order valence-corrected chi connectivity index (χ0v) is 14.5. The minimum Gasteiger partial charge on any atom is -0.329 e. The summed E-state index contributed by atoms with van der Waals surface area (Å²) in [5.74, 6) is 1.70.